The minimum Gasteiger partial charge on any atom is -0.302 e. The molecule has 1 nitrogen and oxygen atoms in total. The van der Waals surface area contributed by atoms with E-state index in [-0.39, 0.29) is 6.42 Å². The van der Waals surface area contributed by atoms with Crippen molar-refractivity contribution in [1.82, 2.24) is 0 Å². The number of rotatable bonds is 1. The average Bonchev–Trinajstić information content (AvgIpc) is 2.14. The number of aldehydes is 1. The molecule has 0 unspecified atom stereocenters. The molecule has 0 saturated heterocycles. The predicted octanol–water partition coefficient (Wildman–Crippen LogP) is 3.59. The first kappa shape index (κ1) is 11.4. The maximum absolute atomic E-state index is 10.0. The number of halogens is 3. The van der Waals surface area contributed by atoms with E-state index in [0.29, 0.717) is 20.6 Å². The first-order valence-corrected chi connectivity index (χ1v) is 4.85. The van der Waals surface area contributed by atoms with E-state index in [1.54, 1.807) is 6.07 Å². The van der Waals surface area contributed by atoms with Gasteiger partial charge in [-0.2, -0.15) is 0 Å². The van der Waals surface area contributed by atoms with Crippen molar-refractivity contribution in [3.05, 3.63) is 32.8 Å². The molecule has 0 fully saturated rings. The van der Waals surface area contributed by atoms with Gasteiger partial charge in [0.05, 0.1) is 21.5 Å². The molecule has 0 aliphatic heterocycles. The van der Waals surface area contributed by atoms with E-state index in [9.17, 15) is 4.79 Å². The van der Waals surface area contributed by atoms with Gasteiger partial charge in [0.15, 0.2) is 0 Å². The van der Waals surface area contributed by atoms with Crippen LogP contribution in [0.4, 0.5) is 0 Å². The number of hydrogen-bond donors (Lipinski definition) is 0. The van der Waals surface area contributed by atoms with Crippen LogP contribution in [-0.4, -0.2) is 6.29 Å². The normalized spacial score (nSPS) is 9.07. The van der Waals surface area contributed by atoms with E-state index in [2.05, 4.69) is 11.8 Å². The largest absolute Gasteiger partial charge is 0.302 e. The quantitative estimate of drug-likeness (QED) is 0.421. The molecule has 0 radical (unpaired) electrons. The highest BCUT2D eigenvalue weighted by Gasteiger charge is 2.03. The smallest absolute Gasteiger partial charge is 0.131 e. The Balaban J connectivity index is 3.05. The molecule has 0 saturated carbocycles. The van der Waals surface area contributed by atoms with E-state index < -0.39 is 0 Å². The third-order valence-corrected chi connectivity index (χ3v) is 2.45. The van der Waals surface area contributed by atoms with E-state index in [1.165, 1.54) is 6.07 Å². The summed E-state index contributed by atoms with van der Waals surface area (Å²) < 4.78 is 0. The van der Waals surface area contributed by atoms with E-state index >= 15 is 0 Å². The average molecular weight is 248 g/mol. The van der Waals surface area contributed by atoms with Gasteiger partial charge in [-0.1, -0.05) is 46.6 Å². The van der Waals surface area contributed by atoms with Gasteiger partial charge in [0.25, 0.3) is 0 Å². The van der Waals surface area contributed by atoms with Gasteiger partial charge in [-0.05, 0) is 12.1 Å². The molecule has 1 aromatic carbocycles. The first-order valence-electron chi connectivity index (χ1n) is 3.72. The topological polar surface area (TPSA) is 17.1 Å². The summed E-state index contributed by atoms with van der Waals surface area (Å²) in [6, 6.07) is 3.10. The zero-order valence-electron chi connectivity index (χ0n) is 6.98. The highest BCUT2D eigenvalue weighted by atomic mass is 35.5. The zero-order valence-corrected chi connectivity index (χ0v) is 9.25. The molecule has 0 aromatic heterocycles. The second kappa shape index (κ2) is 5.26. The van der Waals surface area contributed by atoms with Crippen molar-refractivity contribution in [2.75, 3.05) is 0 Å². The van der Waals surface area contributed by atoms with Crippen LogP contribution in [0.3, 0.4) is 0 Å². The number of carbonyl (C=O) groups excluding carboxylic acids is 1. The number of carbonyl (C=O) groups is 1. The van der Waals surface area contributed by atoms with Gasteiger partial charge >= 0.3 is 0 Å². The molecule has 0 aliphatic rings. The van der Waals surface area contributed by atoms with Crippen molar-refractivity contribution in [2.45, 2.75) is 6.42 Å². The molecule has 1 rings (SSSR count). The molecule has 4 heteroatoms. The summed E-state index contributed by atoms with van der Waals surface area (Å²) in [5.74, 6) is 5.36. The van der Waals surface area contributed by atoms with Crippen molar-refractivity contribution < 1.29 is 4.79 Å². The molecule has 0 heterocycles. The lowest BCUT2D eigenvalue weighted by molar-refractivity contribution is -0.107. The lowest BCUT2D eigenvalue weighted by Crippen LogP contribution is -1.79. The molecule has 0 atom stereocenters. The molecule has 0 N–H and O–H groups in total. The lowest BCUT2D eigenvalue weighted by Gasteiger charge is -1.99. The minimum absolute atomic E-state index is 0.177. The lowest BCUT2D eigenvalue weighted by atomic mass is 10.2. The summed E-state index contributed by atoms with van der Waals surface area (Å²) in [7, 11) is 0. The van der Waals surface area contributed by atoms with Crippen LogP contribution < -0.4 is 0 Å². The summed E-state index contributed by atoms with van der Waals surface area (Å²) in [6.07, 6.45) is 0.898. The number of hydrogen-bond acceptors (Lipinski definition) is 1. The van der Waals surface area contributed by atoms with Gasteiger partial charge in [0.2, 0.25) is 0 Å². The van der Waals surface area contributed by atoms with Crippen LogP contribution in [0.15, 0.2) is 12.1 Å². The molecular weight excluding hydrogens is 242 g/mol. The monoisotopic (exact) mass is 246 g/mol. The van der Waals surface area contributed by atoms with E-state index in [1.807, 2.05) is 0 Å². The summed E-state index contributed by atoms with van der Waals surface area (Å²) in [6.45, 7) is 0. The third kappa shape index (κ3) is 2.92. The standard InChI is InChI=1S/C10H5Cl3O/c11-8-6-10(13)9(12)5-7(8)3-1-2-4-14/h4-6H,2H2. The Hall–Kier alpha value is -0.680. The second-order valence-electron chi connectivity index (χ2n) is 2.42. The Morgan fingerprint density at radius 1 is 1.14 bits per heavy atom. The molecule has 14 heavy (non-hydrogen) atoms. The maximum Gasteiger partial charge on any atom is 0.131 e. The second-order valence-corrected chi connectivity index (χ2v) is 3.64. The van der Waals surface area contributed by atoms with Crippen molar-refractivity contribution >= 4 is 41.1 Å². The highest BCUT2D eigenvalue weighted by molar-refractivity contribution is 6.43. The van der Waals surface area contributed by atoms with Crippen LogP contribution in [0.25, 0.3) is 0 Å². The molecule has 0 spiro atoms. The van der Waals surface area contributed by atoms with Crippen LogP contribution in [0, 0.1) is 11.8 Å². The summed E-state index contributed by atoms with van der Waals surface area (Å²) in [5, 5.41) is 1.21. The molecule has 0 aliphatic carbocycles. The van der Waals surface area contributed by atoms with Crippen LogP contribution in [0.5, 0.6) is 0 Å². The van der Waals surface area contributed by atoms with Crippen molar-refractivity contribution in [3.8, 4) is 11.8 Å². The molecule has 0 amide bonds. The Labute approximate surface area is 97.0 Å². The van der Waals surface area contributed by atoms with Crippen molar-refractivity contribution in [3.63, 3.8) is 0 Å². The Morgan fingerprint density at radius 3 is 2.43 bits per heavy atom. The maximum atomic E-state index is 10.0. The van der Waals surface area contributed by atoms with Gasteiger partial charge < -0.3 is 4.79 Å². The van der Waals surface area contributed by atoms with Gasteiger partial charge in [0, 0.05) is 5.56 Å². The fourth-order valence-electron chi connectivity index (χ4n) is 0.806. The fourth-order valence-corrected chi connectivity index (χ4v) is 1.40. The molecule has 0 bridgehead atoms. The van der Waals surface area contributed by atoms with Crippen molar-refractivity contribution in [2.24, 2.45) is 0 Å². The van der Waals surface area contributed by atoms with Crippen LogP contribution in [-0.2, 0) is 4.79 Å². The SMILES string of the molecule is O=CCC#Cc1cc(Cl)c(Cl)cc1Cl. The third-order valence-electron chi connectivity index (χ3n) is 1.42. The van der Waals surface area contributed by atoms with E-state index in [4.69, 9.17) is 34.8 Å². The highest BCUT2D eigenvalue weighted by Crippen LogP contribution is 2.28. The fraction of sp³-hybridized carbons (Fsp3) is 0.100. The minimum atomic E-state index is 0.177. The van der Waals surface area contributed by atoms with Gasteiger partial charge in [-0.25, -0.2) is 0 Å². The first-order chi connectivity index (χ1) is 6.65. The van der Waals surface area contributed by atoms with E-state index in [0.717, 1.165) is 6.29 Å². The Kier molecular flexibility index (Phi) is 4.28. The van der Waals surface area contributed by atoms with Crippen LogP contribution in [0.1, 0.15) is 12.0 Å². The molecular formula is C10H5Cl3O. The zero-order chi connectivity index (χ0) is 10.6. The molecule has 1 aromatic rings. The molecule has 72 valence electrons. The summed E-state index contributed by atoms with van der Waals surface area (Å²) >= 11 is 17.3. The predicted molar refractivity (Wildman–Crippen MR) is 59.0 cm³/mol. The summed E-state index contributed by atoms with van der Waals surface area (Å²) in [5.41, 5.74) is 0.572. The van der Waals surface area contributed by atoms with Gasteiger partial charge in [-0.3, -0.25) is 0 Å². The Bertz CT molecular complexity index is 415. The van der Waals surface area contributed by atoms with Crippen molar-refractivity contribution in [1.29, 1.82) is 0 Å². The van der Waals surface area contributed by atoms with Crippen LogP contribution >= 0.6 is 34.8 Å². The van der Waals surface area contributed by atoms with Crippen LogP contribution in [0.2, 0.25) is 15.1 Å². The number of benzene rings is 1. The summed E-state index contributed by atoms with van der Waals surface area (Å²) in [4.78, 5) is 10.0. The van der Waals surface area contributed by atoms with Gasteiger partial charge in [-0.15, -0.1) is 0 Å². The Morgan fingerprint density at radius 2 is 1.79 bits per heavy atom. The van der Waals surface area contributed by atoms with Gasteiger partial charge in [0.1, 0.15) is 6.29 Å².